The van der Waals surface area contributed by atoms with E-state index in [-0.39, 0.29) is 20.6 Å². The van der Waals surface area contributed by atoms with Gasteiger partial charge in [-0.15, -0.1) is 11.3 Å². The average Bonchev–Trinajstić information content (AvgIpc) is 2.54. The Labute approximate surface area is 90.7 Å². The van der Waals surface area contributed by atoms with E-state index in [9.17, 15) is 13.2 Å². The first-order valence-electron chi connectivity index (χ1n) is 3.68. The first-order chi connectivity index (χ1) is 6.95. The number of methoxy groups -OCH3 is 2. The number of hydrogen-bond acceptors (Lipinski definition) is 6. The molecule has 1 heterocycles. The third kappa shape index (κ3) is 2.11. The van der Waals surface area contributed by atoms with Crippen molar-refractivity contribution in [1.29, 1.82) is 0 Å². The molecule has 1 aromatic heterocycles. The summed E-state index contributed by atoms with van der Waals surface area (Å²) in [6.45, 7) is 0. The van der Waals surface area contributed by atoms with Gasteiger partial charge in [0.25, 0.3) is 10.0 Å². The third-order valence-corrected chi connectivity index (χ3v) is 4.11. The molecule has 0 radical (unpaired) electrons. The number of hydrogen-bond donors (Lipinski definition) is 1. The summed E-state index contributed by atoms with van der Waals surface area (Å²) < 4.78 is 31.8. The van der Waals surface area contributed by atoms with Gasteiger partial charge in [0.05, 0.1) is 14.2 Å². The van der Waals surface area contributed by atoms with Crippen LogP contribution in [0, 0.1) is 0 Å². The SMILES string of the molecule is COc1c(C=O)sc(S(N)(=O)=O)c1OC. The van der Waals surface area contributed by atoms with Crippen molar-refractivity contribution >= 4 is 27.6 Å². The number of ether oxygens (including phenoxy) is 2. The van der Waals surface area contributed by atoms with Crippen molar-refractivity contribution in [3.05, 3.63) is 4.88 Å². The quantitative estimate of drug-likeness (QED) is 0.772. The van der Waals surface area contributed by atoms with Gasteiger partial charge < -0.3 is 9.47 Å². The molecular formula is C7H9NO5S2. The minimum absolute atomic E-state index is 0.0351. The zero-order chi connectivity index (χ0) is 11.6. The summed E-state index contributed by atoms with van der Waals surface area (Å²) in [5.74, 6) is 0.0497. The lowest BCUT2D eigenvalue weighted by molar-refractivity contribution is 0.112. The number of thiophene rings is 1. The summed E-state index contributed by atoms with van der Waals surface area (Å²) in [6, 6.07) is 0. The molecule has 2 N–H and O–H groups in total. The molecule has 1 rings (SSSR count). The summed E-state index contributed by atoms with van der Waals surface area (Å²) in [5.41, 5.74) is 0. The first kappa shape index (κ1) is 12.0. The predicted octanol–water partition coefficient (Wildman–Crippen LogP) is 0.225. The van der Waals surface area contributed by atoms with Crippen LogP contribution in [0.15, 0.2) is 4.21 Å². The van der Waals surface area contributed by atoms with Crippen LogP contribution in [0.2, 0.25) is 0 Å². The second kappa shape index (κ2) is 4.17. The maximum Gasteiger partial charge on any atom is 0.251 e. The van der Waals surface area contributed by atoms with Gasteiger partial charge in [-0.05, 0) is 0 Å². The molecule has 0 aliphatic carbocycles. The van der Waals surface area contributed by atoms with Crippen LogP contribution in [-0.2, 0) is 10.0 Å². The Bertz CT molecular complexity index is 476. The minimum Gasteiger partial charge on any atom is -0.491 e. The number of rotatable bonds is 4. The Kier molecular flexibility index (Phi) is 3.32. The number of aldehydes is 1. The Morgan fingerprint density at radius 2 is 1.80 bits per heavy atom. The Morgan fingerprint density at radius 1 is 1.27 bits per heavy atom. The molecule has 6 nitrogen and oxygen atoms in total. The smallest absolute Gasteiger partial charge is 0.251 e. The molecule has 0 saturated carbocycles. The maximum atomic E-state index is 11.1. The summed E-state index contributed by atoms with van der Waals surface area (Å²) in [5, 5.41) is 4.96. The zero-order valence-electron chi connectivity index (χ0n) is 8.01. The van der Waals surface area contributed by atoms with Crippen molar-refractivity contribution in [2.24, 2.45) is 5.14 Å². The lowest BCUT2D eigenvalue weighted by Gasteiger charge is -2.03. The molecule has 0 saturated heterocycles. The highest BCUT2D eigenvalue weighted by atomic mass is 32.2. The lowest BCUT2D eigenvalue weighted by atomic mass is 10.4. The number of carbonyl (C=O) groups is 1. The van der Waals surface area contributed by atoms with Gasteiger partial charge in [0.2, 0.25) is 0 Å². The Balaban J connectivity index is 3.55. The second-order valence-corrected chi connectivity index (χ2v) is 5.29. The van der Waals surface area contributed by atoms with Crippen LogP contribution in [0.1, 0.15) is 9.67 Å². The molecule has 0 atom stereocenters. The van der Waals surface area contributed by atoms with Crippen LogP contribution in [0.4, 0.5) is 0 Å². The molecule has 0 spiro atoms. The monoisotopic (exact) mass is 251 g/mol. The van der Waals surface area contributed by atoms with Crippen LogP contribution in [0.25, 0.3) is 0 Å². The van der Waals surface area contributed by atoms with Gasteiger partial charge >= 0.3 is 0 Å². The van der Waals surface area contributed by atoms with Gasteiger partial charge in [-0.2, -0.15) is 0 Å². The number of nitrogens with two attached hydrogens (primary N) is 1. The van der Waals surface area contributed by atoms with E-state index in [2.05, 4.69) is 0 Å². The predicted molar refractivity (Wildman–Crippen MR) is 54.2 cm³/mol. The normalized spacial score (nSPS) is 11.1. The molecule has 0 aliphatic rings. The molecule has 0 bridgehead atoms. The fourth-order valence-electron chi connectivity index (χ4n) is 1.03. The van der Waals surface area contributed by atoms with Crippen molar-refractivity contribution < 1.29 is 22.7 Å². The topological polar surface area (TPSA) is 95.7 Å². The Morgan fingerprint density at radius 3 is 2.13 bits per heavy atom. The van der Waals surface area contributed by atoms with E-state index in [1.54, 1.807) is 0 Å². The minimum atomic E-state index is -3.91. The fraction of sp³-hybridized carbons (Fsp3) is 0.286. The third-order valence-electron chi connectivity index (χ3n) is 1.59. The molecule has 0 amide bonds. The number of sulfonamides is 1. The van der Waals surface area contributed by atoms with E-state index in [1.807, 2.05) is 0 Å². The highest BCUT2D eigenvalue weighted by molar-refractivity contribution is 7.91. The van der Waals surface area contributed by atoms with E-state index in [0.717, 1.165) is 0 Å². The fourth-order valence-corrected chi connectivity index (χ4v) is 2.99. The largest absolute Gasteiger partial charge is 0.491 e. The van der Waals surface area contributed by atoms with E-state index in [1.165, 1.54) is 14.2 Å². The van der Waals surface area contributed by atoms with Crippen molar-refractivity contribution in [2.75, 3.05) is 14.2 Å². The van der Waals surface area contributed by atoms with Crippen molar-refractivity contribution in [1.82, 2.24) is 0 Å². The van der Waals surface area contributed by atoms with Gasteiger partial charge in [0, 0.05) is 0 Å². The molecular weight excluding hydrogens is 242 g/mol. The van der Waals surface area contributed by atoms with Crippen molar-refractivity contribution in [3.63, 3.8) is 0 Å². The molecule has 0 aromatic carbocycles. The highest BCUT2D eigenvalue weighted by Gasteiger charge is 2.26. The number of primary sulfonamides is 1. The maximum absolute atomic E-state index is 11.1. The van der Waals surface area contributed by atoms with E-state index in [4.69, 9.17) is 14.6 Å². The van der Waals surface area contributed by atoms with Gasteiger partial charge in [-0.25, -0.2) is 13.6 Å². The van der Waals surface area contributed by atoms with Gasteiger partial charge in [0.1, 0.15) is 4.88 Å². The van der Waals surface area contributed by atoms with Gasteiger partial charge in [-0.3, -0.25) is 4.79 Å². The highest BCUT2D eigenvalue weighted by Crippen LogP contribution is 2.43. The Hall–Kier alpha value is -1.12. The van der Waals surface area contributed by atoms with Crippen molar-refractivity contribution in [3.8, 4) is 11.5 Å². The summed E-state index contributed by atoms with van der Waals surface area (Å²) in [6.07, 6.45) is 0.487. The second-order valence-electron chi connectivity index (χ2n) is 2.48. The molecule has 1 aromatic rings. The van der Waals surface area contributed by atoms with Crippen LogP contribution in [0.3, 0.4) is 0 Å². The lowest BCUT2D eigenvalue weighted by Crippen LogP contribution is -2.11. The van der Waals surface area contributed by atoms with Crippen molar-refractivity contribution in [2.45, 2.75) is 4.21 Å². The van der Waals surface area contributed by atoms with Crippen LogP contribution in [0.5, 0.6) is 11.5 Å². The van der Waals surface area contributed by atoms with Gasteiger partial charge in [0.15, 0.2) is 22.0 Å². The summed E-state index contributed by atoms with van der Waals surface area (Å²) >= 11 is 0.711. The summed E-state index contributed by atoms with van der Waals surface area (Å²) in [7, 11) is -1.33. The zero-order valence-corrected chi connectivity index (χ0v) is 9.65. The first-order valence-corrected chi connectivity index (χ1v) is 6.04. The van der Waals surface area contributed by atoms with E-state index in [0.29, 0.717) is 17.6 Å². The molecule has 8 heteroatoms. The van der Waals surface area contributed by atoms with E-state index < -0.39 is 10.0 Å². The summed E-state index contributed by atoms with van der Waals surface area (Å²) in [4.78, 5) is 10.8. The van der Waals surface area contributed by atoms with Crippen LogP contribution < -0.4 is 14.6 Å². The molecule has 84 valence electrons. The van der Waals surface area contributed by atoms with Crippen LogP contribution >= 0.6 is 11.3 Å². The average molecular weight is 251 g/mol. The van der Waals surface area contributed by atoms with E-state index >= 15 is 0 Å². The molecule has 0 aliphatic heterocycles. The molecule has 0 fully saturated rings. The number of carbonyl (C=O) groups excluding carboxylic acids is 1. The van der Waals surface area contributed by atoms with Gasteiger partial charge in [-0.1, -0.05) is 0 Å². The molecule has 0 unspecified atom stereocenters. The van der Waals surface area contributed by atoms with Crippen LogP contribution in [-0.4, -0.2) is 28.9 Å². The molecule has 15 heavy (non-hydrogen) atoms. The standard InChI is InChI=1S/C7H9NO5S2/c1-12-5-4(3-9)14-7(6(5)13-2)15(8,10)11/h3H,1-2H3,(H2,8,10,11).